The maximum Gasteiger partial charge on any atom is 0.269 e. The Morgan fingerprint density at radius 1 is 1.20 bits per heavy atom. The van der Waals surface area contributed by atoms with Crippen molar-refractivity contribution in [1.82, 2.24) is 19.7 Å². The van der Waals surface area contributed by atoms with Crippen molar-refractivity contribution in [3.8, 4) is 22.4 Å². The Kier molecular flexibility index (Phi) is 3.42. The fraction of sp³-hybridized carbons (Fsp3) is 0.263. The quantitative estimate of drug-likeness (QED) is 0.798. The van der Waals surface area contributed by atoms with Crippen molar-refractivity contribution >= 4 is 5.91 Å². The number of nitrogens with zero attached hydrogens (tertiary/aromatic N) is 4. The SMILES string of the molecule is CC1(C)Cc2c(-c3cccc(-c4nccnc4C(N)=O)c3)cnn2C1. The van der Waals surface area contributed by atoms with Crippen LogP contribution in [0.4, 0.5) is 0 Å². The molecule has 0 saturated heterocycles. The summed E-state index contributed by atoms with van der Waals surface area (Å²) in [6, 6.07) is 7.93. The molecule has 1 aliphatic rings. The van der Waals surface area contributed by atoms with Gasteiger partial charge in [0.25, 0.3) is 5.91 Å². The summed E-state index contributed by atoms with van der Waals surface area (Å²) in [5.41, 5.74) is 10.6. The molecule has 0 saturated carbocycles. The summed E-state index contributed by atoms with van der Waals surface area (Å²) in [6.07, 6.45) is 5.94. The van der Waals surface area contributed by atoms with Gasteiger partial charge in [0.1, 0.15) is 5.69 Å². The Balaban J connectivity index is 1.79. The highest BCUT2D eigenvalue weighted by molar-refractivity contribution is 5.97. The molecule has 0 spiro atoms. The van der Waals surface area contributed by atoms with Crippen LogP contribution in [0.15, 0.2) is 42.9 Å². The van der Waals surface area contributed by atoms with Crippen LogP contribution in [0.2, 0.25) is 0 Å². The van der Waals surface area contributed by atoms with Crippen LogP contribution in [0.5, 0.6) is 0 Å². The number of hydrogen-bond acceptors (Lipinski definition) is 4. The third-order valence-corrected chi connectivity index (χ3v) is 4.55. The van der Waals surface area contributed by atoms with Gasteiger partial charge in [0, 0.05) is 35.8 Å². The van der Waals surface area contributed by atoms with Crippen molar-refractivity contribution in [3.63, 3.8) is 0 Å². The lowest BCUT2D eigenvalue weighted by Gasteiger charge is -2.14. The predicted molar refractivity (Wildman–Crippen MR) is 94.7 cm³/mol. The lowest BCUT2D eigenvalue weighted by molar-refractivity contribution is 0.0996. The lowest BCUT2D eigenvalue weighted by Crippen LogP contribution is -2.15. The molecule has 6 nitrogen and oxygen atoms in total. The molecule has 0 radical (unpaired) electrons. The van der Waals surface area contributed by atoms with Gasteiger partial charge < -0.3 is 5.73 Å². The highest BCUT2D eigenvalue weighted by atomic mass is 16.1. The lowest BCUT2D eigenvalue weighted by atomic mass is 9.89. The molecule has 1 aliphatic heterocycles. The Hall–Kier alpha value is -3.02. The highest BCUT2D eigenvalue weighted by Gasteiger charge is 2.31. The minimum atomic E-state index is -0.582. The van der Waals surface area contributed by atoms with Crippen molar-refractivity contribution in [2.75, 3.05) is 0 Å². The number of hydrogen-bond donors (Lipinski definition) is 1. The normalized spacial score (nSPS) is 15.1. The molecule has 6 heteroatoms. The predicted octanol–water partition coefficient (Wildman–Crippen LogP) is 2.69. The largest absolute Gasteiger partial charge is 0.364 e. The number of fused-ring (bicyclic) bond motifs is 1. The summed E-state index contributed by atoms with van der Waals surface area (Å²) in [5.74, 6) is -0.582. The number of nitrogens with two attached hydrogens (primary N) is 1. The second-order valence-electron chi connectivity index (χ2n) is 7.20. The molecule has 25 heavy (non-hydrogen) atoms. The van der Waals surface area contributed by atoms with E-state index in [1.807, 2.05) is 30.5 Å². The van der Waals surface area contributed by atoms with E-state index in [2.05, 4.69) is 33.6 Å². The van der Waals surface area contributed by atoms with Crippen molar-refractivity contribution in [3.05, 3.63) is 54.2 Å². The van der Waals surface area contributed by atoms with E-state index in [0.29, 0.717) is 5.69 Å². The molecule has 2 N–H and O–H groups in total. The Bertz CT molecular complexity index is 973. The van der Waals surface area contributed by atoms with E-state index in [0.717, 1.165) is 29.7 Å². The van der Waals surface area contributed by atoms with E-state index in [1.54, 1.807) is 6.20 Å². The third-order valence-electron chi connectivity index (χ3n) is 4.55. The van der Waals surface area contributed by atoms with Gasteiger partial charge in [-0.1, -0.05) is 32.0 Å². The van der Waals surface area contributed by atoms with Crippen LogP contribution in [-0.2, 0) is 13.0 Å². The van der Waals surface area contributed by atoms with Crippen LogP contribution in [0.25, 0.3) is 22.4 Å². The monoisotopic (exact) mass is 333 g/mol. The minimum absolute atomic E-state index is 0.181. The van der Waals surface area contributed by atoms with Gasteiger partial charge in [-0.3, -0.25) is 14.5 Å². The molecule has 0 atom stereocenters. The van der Waals surface area contributed by atoms with Crippen LogP contribution in [-0.4, -0.2) is 25.7 Å². The van der Waals surface area contributed by atoms with Crippen molar-refractivity contribution in [1.29, 1.82) is 0 Å². The number of primary amides is 1. The first-order valence-corrected chi connectivity index (χ1v) is 8.21. The number of carbonyl (C=O) groups excluding carboxylic acids is 1. The standard InChI is InChI=1S/C19H19N5O/c1-19(2)9-15-14(10-23-24(15)11-19)12-4-3-5-13(8-12)16-17(18(20)25)22-7-6-21-16/h3-8,10H,9,11H2,1-2H3,(H2,20,25). The van der Waals surface area contributed by atoms with Crippen molar-refractivity contribution < 1.29 is 4.79 Å². The molecule has 126 valence electrons. The first kappa shape index (κ1) is 15.5. The molecule has 0 aliphatic carbocycles. The molecule has 3 heterocycles. The smallest absolute Gasteiger partial charge is 0.269 e. The number of aromatic nitrogens is 4. The number of carbonyl (C=O) groups is 1. The molecule has 0 unspecified atom stereocenters. The van der Waals surface area contributed by atoms with Crippen LogP contribution < -0.4 is 5.73 Å². The zero-order chi connectivity index (χ0) is 17.6. The van der Waals surface area contributed by atoms with E-state index in [1.165, 1.54) is 11.9 Å². The average molecular weight is 333 g/mol. The van der Waals surface area contributed by atoms with Gasteiger partial charge in [-0.2, -0.15) is 5.10 Å². The zero-order valence-electron chi connectivity index (χ0n) is 14.2. The second kappa shape index (κ2) is 5.51. The van der Waals surface area contributed by atoms with Gasteiger partial charge in [0.05, 0.1) is 6.20 Å². The second-order valence-corrected chi connectivity index (χ2v) is 7.20. The van der Waals surface area contributed by atoms with E-state index in [-0.39, 0.29) is 11.1 Å². The molecular formula is C19H19N5O. The third kappa shape index (κ3) is 2.69. The molecule has 1 amide bonds. The van der Waals surface area contributed by atoms with Crippen LogP contribution >= 0.6 is 0 Å². The van der Waals surface area contributed by atoms with Crippen LogP contribution in [0, 0.1) is 5.41 Å². The maximum atomic E-state index is 11.6. The van der Waals surface area contributed by atoms with Gasteiger partial charge in [-0.15, -0.1) is 0 Å². The molecule has 0 fully saturated rings. The van der Waals surface area contributed by atoms with Gasteiger partial charge in [-0.05, 0) is 23.5 Å². The number of amides is 1. The average Bonchev–Trinajstić information content (AvgIpc) is 3.09. The summed E-state index contributed by atoms with van der Waals surface area (Å²) >= 11 is 0. The van der Waals surface area contributed by atoms with Gasteiger partial charge in [-0.25, -0.2) is 4.98 Å². The van der Waals surface area contributed by atoms with Crippen molar-refractivity contribution in [2.45, 2.75) is 26.8 Å². The minimum Gasteiger partial charge on any atom is -0.364 e. The Labute approximate surface area is 145 Å². The fourth-order valence-electron chi connectivity index (χ4n) is 3.45. The summed E-state index contributed by atoms with van der Waals surface area (Å²) in [6.45, 7) is 5.43. The summed E-state index contributed by atoms with van der Waals surface area (Å²) in [5, 5.41) is 4.53. The first-order valence-electron chi connectivity index (χ1n) is 8.21. The number of benzene rings is 1. The van der Waals surface area contributed by atoms with E-state index >= 15 is 0 Å². The summed E-state index contributed by atoms with van der Waals surface area (Å²) < 4.78 is 2.08. The Morgan fingerprint density at radius 2 is 1.96 bits per heavy atom. The van der Waals surface area contributed by atoms with Crippen LogP contribution in [0.3, 0.4) is 0 Å². The maximum absolute atomic E-state index is 11.6. The molecule has 3 aromatic rings. The van der Waals surface area contributed by atoms with E-state index < -0.39 is 5.91 Å². The summed E-state index contributed by atoms with van der Waals surface area (Å²) in [7, 11) is 0. The topological polar surface area (TPSA) is 86.7 Å². The van der Waals surface area contributed by atoms with E-state index in [9.17, 15) is 4.79 Å². The van der Waals surface area contributed by atoms with Crippen LogP contribution in [0.1, 0.15) is 30.0 Å². The zero-order valence-corrected chi connectivity index (χ0v) is 14.2. The highest BCUT2D eigenvalue weighted by Crippen LogP contribution is 2.37. The molecule has 4 rings (SSSR count). The van der Waals surface area contributed by atoms with Gasteiger partial charge >= 0.3 is 0 Å². The fourth-order valence-corrected chi connectivity index (χ4v) is 3.45. The van der Waals surface area contributed by atoms with Gasteiger partial charge in [0.2, 0.25) is 0 Å². The first-order chi connectivity index (χ1) is 11.9. The molecule has 1 aromatic carbocycles. The van der Waals surface area contributed by atoms with E-state index in [4.69, 9.17) is 5.73 Å². The molecule has 0 bridgehead atoms. The number of rotatable bonds is 3. The summed E-state index contributed by atoms with van der Waals surface area (Å²) in [4.78, 5) is 20.0. The van der Waals surface area contributed by atoms with Crippen molar-refractivity contribution in [2.24, 2.45) is 11.1 Å². The van der Waals surface area contributed by atoms with Gasteiger partial charge in [0.15, 0.2) is 5.69 Å². The molecular weight excluding hydrogens is 314 g/mol. The Morgan fingerprint density at radius 3 is 2.76 bits per heavy atom. The molecule has 2 aromatic heterocycles.